The molecule has 0 aromatic heterocycles. The van der Waals surface area contributed by atoms with Crippen LogP contribution in [0.3, 0.4) is 0 Å². The van der Waals surface area contributed by atoms with Crippen molar-refractivity contribution >= 4 is 41.0 Å². The fraction of sp³-hybridized carbons (Fsp3) is 0.211. The number of amides is 2. The van der Waals surface area contributed by atoms with Gasteiger partial charge < -0.3 is 9.47 Å². The maximum atomic E-state index is 13.4. The van der Waals surface area contributed by atoms with E-state index in [1.54, 1.807) is 0 Å². The van der Waals surface area contributed by atoms with Crippen LogP contribution in [0.4, 0.5) is 4.39 Å². The highest BCUT2D eigenvalue weighted by Gasteiger charge is 2.42. The van der Waals surface area contributed by atoms with E-state index in [4.69, 9.17) is 32.7 Å². The Kier molecular flexibility index (Phi) is 5.58. The number of hydrogen-bond acceptors (Lipinski definition) is 5. The van der Waals surface area contributed by atoms with Crippen LogP contribution in [-0.4, -0.2) is 35.8 Å². The van der Waals surface area contributed by atoms with E-state index in [-0.39, 0.29) is 27.8 Å². The Balaban J connectivity index is 1.76. The molecule has 0 aliphatic carbocycles. The zero-order valence-corrected chi connectivity index (χ0v) is 16.3. The molecule has 1 aliphatic rings. The normalized spacial score (nSPS) is 14.1. The van der Waals surface area contributed by atoms with Crippen LogP contribution < -0.4 is 4.74 Å². The van der Waals surface area contributed by atoms with Crippen LogP contribution in [-0.2, 0) is 16.1 Å². The van der Waals surface area contributed by atoms with Gasteiger partial charge in [-0.1, -0.05) is 23.2 Å². The van der Waals surface area contributed by atoms with Crippen LogP contribution in [0, 0.1) is 5.82 Å². The van der Waals surface area contributed by atoms with Crippen molar-refractivity contribution in [3.8, 4) is 5.75 Å². The summed E-state index contributed by atoms with van der Waals surface area (Å²) in [6, 6.07) is 5.15. The third kappa shape index (κ3) is 3.55. The molecule has 0 fully saturated rings. The minimum Gasteiger partial charge on any atom is -0.496 e. The molecule has 146 valence electrons. The van der Waals surface area contributed by atoms with Crippen molar-refractivity contribution in [1.29, 1.82) is 0 Å². The second-order valence-electron chi connectivity index (χ2n) is 6.03. The number of carbonyl (C=O) groups is 3. The van der Waals surface area contributed by atoms with Crippen LogP contribution in [0.15, 0.2) is 30.3 Å². The zero-order valence-electron chi connectivity index (χ0n) is 14.8. The van der Waals surface area contributed by atoms with E-state index in [9.17, 15) is 18.8 Å². The van der Waals surface area contributed by atoms with Crippen LogP contribution in [0.2, 0.25) is 10.0 Å². The zero-order chi connectivity index (χ0) is 20.6. The third-order valence-electron chi connectivity index (χ3n) is 4.30. The van der Waals surface area contributed by atoms with Crippen molar-refractivity contribution in [2.24, 2.45) is 0 Å². The monoisotopic (exact) mass is 425 g/mol. The van der Waals surface area contributed by atoms with Crippen LogP contribution in [0.1, 0.15) is 33.2 Å². The number of fused-ring (bicyclic) bond motifs is 1. The third-order valence-corrected chi connectivity index (χ3v) is 5.02. The molecule has 1 heterocycles. The van der Waals surface area contributed by atoms with Crippen LogP contribution in [0.25, 0.3) is 0 Å². The molecule has 0 saturated heterocycles. The molecular formula is C19H14Cl2FNO5. The standard InChI is InChI=1S/C19H14Cl2FNO5/c1-9(19(26)28-8-10-5-11(22)3-4-16(10)27-2)23-17(24)12-6-14(20)15(21)7-13(12)18(23)25/h3-7,9H,8H2,1-2H3. The Morgan fingerprint density at radius 3 is 2.21 bits per heavy atom. The Morgan fingerprint density at radius 2 is 1.68 bits per heavy atom. The molecule has 3 rings (SSSR count). The second-order valence-corrected chi connectivity index (χ2v) is 6.85. The van der Waals surface area contributed by atoms with E-state index in [2.05, 4.69) is 0 Å². The Hall–Kier alpha value is -2.64. The number of hydrogen-bond donors (Lipinski definition) is 0. The number of methoxy groups -OCH3 is 1. The number of carbonyl (C=O) groups excluding carboxylic acids is 3. The van der Waals surface area contributed by atoms with Gasteiger partial charge in [0.15, 0.2) is 0 Å². The first-order valence-electron chi connectivity index (χ1n) is 8.10. The maximum Gasteiger partial charge on any atom is 0.329 e. The first kappa shape index (κ1) is 20.1. The van der Waals surface area contributed by atoms with E-state index >= 15 is 0 Å². The first-order valence-corrected chi connectivity index (χ1v) is 8.86. The van der Waals surface area contributed by atoms with E-state index < -0.39 is 29.6 Å². The fourth-order valence-corrected chi connectivity index (χ4v) is 3.17. The molecule has 1 unspecified atom stereocenters. The molecule has 0 spiro atoms. The highest BCUT2D eigenvalue weighted by molar-refractivity contribution is 6.43. The van der Waals surface area contributed by atoms with Gasteiger partial charge in [-0.2, -0.15) is 0 Å². The van der Waals surface area contributed by atoms with Gasteiger partial charge in [0, 0.05) is 5.56 Å². The molecular weight excluding hydrogens is 412 g/mol. The van der Waals surface area contributed by atoms with E-state index in [0.717, 1.165) is 4.90 Å². The van der Waals surface area contributed by atoms with E-state index in [1.165, 1.54) is 44.4 Å². The fourth-order valence-electron chi connectivity index (χ4n) is 2.84. The maximum absolute atomic E-state index is 13.4. The number of esters is 1. The molecule has 1 aliphatic heterocycles. The molecule has 6 nitrogen and oxygen atoms in total. The summed E-state index contributed by atoms with van der Waals surface area (Å²) in [4.78, 5) is 38.3. The lowest BCUT2D eigenvalue weighted by atomic mass is 10.1. The van der Waals surface area contributed by atoms with Gasteiger partial charge in [0.2, 0.25) is 0 Å². The molecule has 2 amide bonds. The molecule has 2 aromatic rings. The minimum atomic E-state index is -1.20. The topological polar surface area (TPSA) is 72.9 Å². The van der Waals surface area contributed by atoms with Crippen molar-refractivity contribution < 1.29 is 28.2 Å². The van der Waals surface area contributed by atoms with Crippen LogP contribution >= 0.6 is 23.2 Å². The van der Waals surface area contributed by atoms with E-state index in [0.29, 0.717) is 11.3 Å². The van der Waals surface area contributed by atoms with Gasteiger partial charge in [-0.3, -0.25) is 14.5 Å². The lowest BCUT2D eigenvalue weighted by Gasteiger charge is -2.21. The molecule has 0 saturated carbocycles. The van der Waals surface area contributed by atoms with Crippen molar-refractivity contribution in [2.45, 2.75) is 19.6 Å². The van der Waals surface area contributed by atoms with Gasteiger partial charge in [0.05, 0.1) is 28.3 Å². The highest BCUT2D eigenvalue weighted by Crippen LogP contribution is 2.32. The quantitative estimate of drug-likeness (QED) is 0.536. The van der Waals surface area contributed by atoms with Gasteiger partial charge >= 0.3 is 5.97 Å². The minimum absolute atomic E-state index is 0.0610. The Bertz CT molecular complexity index is 954. The summed E-state index contributed by atoms with van der Waals surface area (Å²) in [5.74, 6) is -2.36. The van der Waals surface area contributed by atoms with Gasteiger partial charge in [0.1, 0.15) is 24.2 Å². The summed E-state index contributed by atoms with van der Waals surface area (Å²) in [6.45, 7) is 1.07. The largest absolute Gasteiger partial charge is 0.496 e. The lowest BCUT2D eigenvalue weighted by Crippen LogP contribution is -2.43. The van der Waals surface area contributed by atoms with Gasteiger partial charge in [-0.25, -0.2) is 9.18 Å². The molecule has 28 heavy (non-hydrogen) atoms. The number of rotatable bonds is 5. The first-order chi connectivity index (χ1) is 13.2. The van der Waals surface area contributed by atoms with E-state index in [1.807, 2.05) is 0 Å². The number of benzene rings is 2. The van der Waals surface area contributed by atoms with Gasteiger partial charge in [-0.15, -0.1) is 0 Å². The number of halogens is 3. The number of imide groups is 1. The second kappa shape index (κ2) is 7.77. The summed E-state index contributed by atoms with van der Waals surface area (Å²) in [5.41, 5.74) is 0.431. The number of ether oxygens (including phenoxy) is 2. The van der Waals surface area contributed by atoms with Gasteiger partial charge in [-0.05, 0) is 37.3 Å². The average molecular weight is 426 g/mol. The Morgan fingerprint density at radius 1 is 1.11 bits per heavy atom. The van der Waals surface area contributed by atoms with Crippen molar-refractivity contribution in [2.75, 3.05) is 7.11 Å². The Labute approximate surface area is 169 Å². The smallest absolute Gasteiger partial charge is 0.329 e. The van der Waals surface area contributed by atoms with Crippen molar-refractivity contribution in [3.63, 3.8) is 0 Å². The van der Waals surface area contributed by atoms with Gasteiger partial charge in [0.25, 0.3) is 11.8 Å². The molecule has 0 N–H and O–H groups in total. The number of nitrogens with zero attached hydrogens (tertiary/aromatic N) is 1. The summed E-state index contributed by atoms with van der Waals surface area (Å²) < 4.78 is 23.7. The summed E-state index contributed by atoms with van der Waals surface area (Å²) in [7, 11) is 1.40. The SMILES string of the molecule is COc1ccc(F)cc1COC(=O)C(C)N1C(=O)c2cc(Cl)c(Cl)cc2C1=O. The molecule has 0 bridgehead atoms. The predicted molar refractivity (Wildman–Crippen MR) is 99.2 cm³/mol. The summed E-state index contributed by atoms with van der Waals surface area (Å²) >= 11 is 11.8. The average Bonchev–Trinajstić information content (AvgIpc) is 2.90. The molecule has 1 atom stereocenters. The molecule has 9 heteroatoms. The van der Waals surface area contributed by atoms with Crippen molar-refractivity contribution in [3.05, 3.63) is 62.9 Å². The highest BCUT2D eigenvalue weighted by atomic mass is 35.5. The molecule has 2 aromatic carbocycles. The summed E-state index contributed by atoms with van der Waals surface area (Å²) in [6.07, 6.45) is 0. The lowest BCUT2D eigenvalue weighted by molar-refractivity contribution is -0.149. The van der Waals surface area contributed by atoms with Crippen LogP contribution in [0.5, 0.6) is 5.75 Å². The summed E-state index contributed by atoms with van der Waals surface area (Å²) in [5, 5.41) is 0.244. The van der Waals surface area contributed by atoms with Crippen molar-refractivity contribution in [1.82, 2.24) is 4.90 Å². The molecule has 0 radical (unpaired) electrons. The predicted octanol–water partition coefficient (Wildman–Crippen LogP) is 3.87.